The first-order valence-corrected chi connectivity index (χ1v) is 8.88. The topological polar surface area (TPSA) is 73.2 Å². The van der Waals surface area contributed by atoms with Crippen LogP contribution in [-0.2, 0) is 17.9 Å². The van der Waals surface area contributed by atoms with Gasteiger partial charge in [0.05, 0.1) is 12.3 Å². The number of aromatic nitrogens is 2. The quantitative estimate of drug-likeness (QED) is 0.683. The Morgan fingerprint density at radius 2 is 1.86 bits per heavy atom. The Balaban J connectivity index is 1.70. The highest BCUT2D eigenvalue weighted by Crippen LogP contribution is 2.19. The van der Waals surface area contributed by atoms with Crippen LogP contribution in [0.2, 0.25) is 0 Å². The van der Waals surface area contributed by atoms with Gasteiger partial charge in [-0.3, -0.25) is 9.59 Å². The third-order valence-corrected chi connectivity index (χ3v) is 4.05. The minimum atomic E-state index is -0.429. The Kier molecular flexibility index (Phi) is 6.16. The fourth-order valence-corrected chi connectivity index (χ4v) is 2.63. The number of hydrogen-bond donors (Lipinski definition) is 1. The Labute approximate surface area is 161 Å². The smallest absolute Gasteiger partial charge is 0.267 e. The van der Waals surface area contributed by atoms with E-state index >= 15 is 0 Å². The van der Waals surface area contributed by atoms with Gasteiger partial charge in [0.15, 0.2) is 0 Å². The van der Waals surface area contributed by atoms with E-state index < -0.39 is 17.3 Å². The van der Waals surface area contributed by atoms with Gasteiger partial charge in [-0.25, -0.2) is 9.07 Å². The van der Waals surface area contributed by atoms with Crippen LogP contribution in [0.1, 0.15) is 12.5 Å². The van der Waals surface area contributed by atoms with Crippen molar-refractivity contribution in [3.63, 3.8) is 0 Å². The van der Waals surface area contributed by atoms with Gasteiger partial charge in [0.2, 0.25) is 5.91 Å². The number of benzene rings is 2. The van der Waals surface area contributed by atoms with E-state index in [1.54, 1.807) is 24.3 Å². The molecule has 0 aliphatic rings. The van der Waals surface area contributed by atoms with Gasteiger partial charge in [-0.1, -0.05) is 18.2 Å². The lowest BCUT2D eigenvalue weighted by Gasteiger charge is -2.09. The summed E-state index contributed by atoms with van der Waals surface area (Å²) >= 11 is 0. The van der Waals surface area contributed by atoms with E-state index in [4.69, 9.17) is 4.74 Å². The van der Waals surface area contributed by atoms with E-state index in [0.29, 0.717) is 17.9 Å². The van der Waals surface area contributed by atoms with E-state index in [1.807, 2.05) is 31.2 Å². The maximum absolute atomic E-state index is 13.6. The van der Waals surface area contributed by atoms with Crippen molar-refractivity contribution < 1.29 is 13.9 Å². The lowest BCUT2D eigenvalue weighted by Crippen LogP contribution is -2.33. The van der Waals surface area contributed by atoms with Gasteiger partial charge in [-0.2, -0.15) is 5.10 Å². The lowest BCUT2D eigenvalue weighted by molar-refractivity contribution is -0.122. The molecule has 3 aromatic rings. The maximum Gasteiger partial charge on any atom is 0.267 e. The summed E-state index contributed by atoms with van der Waals surface area (Å²) < 4.78 is 20.1. The predicted octanol–water partition coefficient (Wildman–Crippen LogP) is 2.76. The van der Waals surface area contributed by atoms with E-state index in [2.05, 4.69) is 10.4 Å². The fraction of sp³-hybridized carbons (Fsp3) is 0.190. The molecule has 28 heavy (non-hydrogen) atoms. The van der Waals surface area contributed by atoms with Crippen LogP contribution in [0.3, 0.4) is 0 Å². The summed E-state index contributed by atoms with van der Waals surface area (Å²) in [5.41, 5.74) is 1.34. The predicted molar refractivity (Wildman–Crippen MR) is 103 cm³/mol. The summed E-state index contributed by atoms with van der Waals surface area (Å²) in [7, 11) is 0. The highest BCUT2D eigenvalue weighted by Gasteiger charge is 2.09. The Morgan fingerprint density at radius 1 is 1.11 bits per heavy atom. The molecule has 1 amide bonds. The molecule has 0 saturated heterocycles. The lowest BCUT2D eigenvalue weighted by atomic mass is 10.1. The second-order valence-electron chi connectivity index (χ2n) is 6.04. The molecule has 1 N–H and O–H groups in total. The molecule has 1 aromatic heterocycles. The zero-order valence-corrected chi connectivity index (χ0v) is 15.4. The first kappa shape index (κ1) is 19.3. The molecule has 7 heteroatoms. The number of nitrogens with zero attached hydrogens (tertiary/aromatic N) is 2. The monoisotopic (exact) mass is 381 g/mol. The third-order valence-electron chi connectivity index (χ3n) is 4.05. The second-order valence-corrected chi connectivity index (χ2v) is 6.04. The molecule has 2 aromatic carbocycles. The summed E-state index contributed by atoms with van der Waals surface area (Å²) in [6.45, 7) is 2.27. The number of ether oxygens (including phenoxy) is 1. The molecular weight excluding hydrogens is 361 g/mol. The van der Waals surface area contributed by atoms with Gasteiger partial charge in [-0.15, -0.1) is 0 Å². The summed E-state index contributed by atoms with van der Waals surface area (Å²) in [5.74, 6) is -0.0793. The van der Waals surface area contributed by atoms with E-state index in [9.17, 15) is 14.0 Å². The SMILES string of the molecule is CCOc1ccc(-c2ccc(=O)n(CC(=O)NCc3ccccc3F)n2)cc1. The largest absolute Gasteiger partial charge is 0.494 e. The van der Waals surface area contributed by atoms with Crippen molar-refractivity contribution in [2.45, 2.75) is 20.0 Å². The normalized spacial score (nSPS) is 10.5. The van der Waals surface area contributed by atoms with E-state index in [0.717, 1.165) is 16.0 Å². The van der Waals surface area contributed by atoms with Crippen molar-refractivity contribution in [3.05, 3.63) is 82.4 Å². The van der Waals surface area contributed by atoms with Gasteiger partial charge in [0.25, 0.3) is 5.56 Å². The molecule has 1 heterocycles. The van der Waals surface area contributed by atoms with Gasteiger partial charge in [0, 0.05) is 23.7 Å². The number of carbonyl (C=O) groups is 1. The first-order chi connectivity index (χ1) is 13.6. The molecule has 0 aliphatic carbocycles. The zero-order chi connectivity index (χ0) is 19.9. The molecule has 144 valence electrons. The minimum absolute atomic E-state index is 0.0405. The molecule has 0 radical (unpaired) electrons. The van der Waals surface area contributed by atoms with Crippen molar-refractivity contribution in [2.75, 3.05) is 6.61 Å². The Bertz CT molecular complexity index is 1020. The Morgan fingerprint density at radius 3 is 2.57 bits per heavy atom. The molecule has 0 atom stereocenters. The molecule has 6 nitrogen and oxygen atoms in total. The summed E-state index contributed by atoms with van der Waals surface area (Å²) in [6, 6.07) is 16.5. The van der Waals surface area contributed by atoms with Crippen LogP contribution < -0.4 is 15.6 Å². The van der Waals surface area contributed by atoms with Gasteiger partial charge >= 0.3 is 0 Å². The standard InChI is InChI=1S/C21H20FN3O3/c1-2-28-17-9-7-15(8-10-17)19-11-12-21(27)25(24-19)14-20(26)23-13-16-5-3-4-6-18(16)22/h3-12H,2,13-14H2,1H3,(H,23,26). The summed E-state index contributed by atoms with van der Waals surface area (Å²) in [6.07, 6.45) is 0. The van der Waals surface area contributed by atoms with Crippen LogP contribution in [0.25, 0.3) is 11.3 Å². The molecule has 0 fully saturated rings. The molecule has 0 unspecified atom stereocenters. The number of hydrogen-bond acceptors (Lipinski definition) is 4. The second kappa shape index (κ2) is 8.94. The molecule has 3 rings (SSSR count). The van der Waals surface area contributed by atoms with Crippen LogP contribution in [0.5, 0.6) is 5.75 Å². The Hall–Kier alpha value is -3.48. The first-order valence-electron chi connectivity index (χ1n) is 8.88. The molecular formula is C21H20FN3O3. The van der Waals surface area contributed by atoms with Crippen molar-refractivity contribution in [1.29, 1.82) is 0 Å². The molecule has 0 aliphatic heterocycles. The minimum Gasteiger partial charge on any atom is -0.494 e. The summed E-state index contributed by atoms with van der Waals surface area (Å²) in [4.78, 5) is 24.2. The van der Waals surface area contributed by atoms with Crippen LogP contribution in [0.15, 0.2) is 65.5 Å². The highest BCUT2D eigenvalue weighted by molar-refractivity contribution is 5.75. The third kappa shape index (κ3) is 4.82. The number of rotatable bonds is 7. The molecule has 0 saturated carbocycles. The zero-order valence-electron chi connectivity index (χ0n) is 15.4. The maximum atomic E-state index is 13.6. The average molecular weight is 381 g/mol. The van der Waals surface area contributed by atoms with Gasteiger partial charge in [0.1, 0.15) is 18.1 Å². The van der Waals surface area contributed by atoms with Gasteiger partial charge < -0.3 is 10.1 Å². The van der Waals surface area contributed by atoms with Crippen LogP contribution in [0.4, 0.5) is 4.39 Å². The van der Waals surface area contributed by atoms with Crippen molar-refractivity contribution in [1.82, 2.24) is 15.1 Å². The van der Waals surface area contributed by atoms with Gasteiger partial charge in [-0.05, 0) is 43.3 Å². The van der Waals surface area contributed by atoms with E-state index in [-0.39, 0.29) is 13.1 Å². The average Bonchev–Trinajstić information content (AvgIpc) is 2.70. The van der Waals surface area contributed by atoms with Crippen LogP contribution >= 0.6 is 0 Å². The number of nitrogens with one attached hydrogen (secondary N) is 1. The highest BCUT2D eigenvalue weighted by atomic mass is 19.1. The number of carbonyl (C=O) groups excluding carboxylic acids is 1. The summed E-state index contributed by atoms with van der Waals surface area (Å²) in [5, 5.41) is 6.86. The number of halogens is 1. The molecule has 0 spiro atoms. The number of amides is 1. The van der Waals surface area contributed by atoms with Crippen LogP contribution in [0, 0.1) is 5.82 Å². The van der Waals surface area contributed by atoms with Crippen molar-refractivity contribution in [2.24, 2.45) is 0 Å². The molecule has 0 bridgehead atoms. The van der Waals surface area contributed by atoms with Crippen molar-refractivity contribution in [3.8, 4) is 17.0 Å². The van der Waals surface area contributed by atoms with Crippen LogP contribution in [-0.4, -0.2) is 22.3 Å². The van der Waals surface area contributed by atoms with E-state index in [1.165, 1.54) is 12.1 Å². The van der Waals surface area contributed by atoms with Crippen molar-refractivity contribution >= 4 is 5.91 Å². The fourth-order valence-electron chi connectivity index (χ4n) is 2.63.